The molecule has 2 heterocycles. The highest BCUT2D eigenvalue weighted by Crippen LogP contribution is 2.34. The second kappa shape index (κ2) is 9.22. The van der Waals surface area contributed by atoms with Crippen molar-refractivity contribution in [3.63, 3.8) is 0 Å². The Hall–Kier alpha value is -3.04. The molecule has 2 aromatic carbocycles. The van der Waals surface area contributed by atoms with Gasteiger partial charge in [0, 0.05) is 7.05 Å². The molecule has 2 aromatic heterocycles. The first kappa shape index (κ1) is 22.2. The number of thioether (sulfide) groups is 1. The van der Waals surface area contributed by atoms with E-state index in [9.17, 15) is 9.59 Å². The molecule has 1 amide bonds. The Morgan fingerprint density at radius 2 is 2.00 bits per heavy atom. The molecule has 0 saturated carbocycles. The number of hydrogen-bond donors (Lipinski definition) is 1. The van der Waals surface area contributed by atoms with E-state index >= 15 is 0 Å². The monoisotopic (exact) mass is 468 g/mol. The summed E-state index contributed by atoms with van der Waals surface area (Å²) in [6.45, 7) is 6.18. The quantitative estimate of drug-likeness (QED) is 0.401. The molecule has 9 heteroatoms. The molecule has 0 unspecified atom stereocenters. The molecule has 1 atom stereocenters. The van der Waals surface area contributed by atoms with Crippen LogP contribution in [0.2, 0.25) is 0 Å². The number of anilines is 1. The number of nitrogens with one attached hydrogen (secondary N) is 1. The standard InChI is InChI=1S/C23H24N4O3S2/c1-5-30-17-11-12-18-19(13-17)32-23(24-18)31-15(3)21(28)25-20-14(2)26(4)27(22(20)29)16-9-7-6-8-10-16/h6-13,15H,5H2,1-4H3,(H,25,28)/t15-/m1/s1. The normalized spacial score (nSPS) is 12.1. The summed E-state index contributed by atoms with van der Waals surface area (Å²) in [5, 5.41) is 2.41. The number of rotatable bonds is 7. The van der Waals surface area contributed by atoms with Crippen molar-refractivity contribution in [1.29, 1.82) is 0 Å². The van der Waals surface area contributed by atoms with Crippen LogP contribution in [-0.2, 0) is 11.8 Å². The van der Waals surface area contributed by atoms with Crippen LogP contribution in [0, 0.1) is 6.92 Å². The van der Waals surface area contributed by atoms with Crippen molar-refractivity contribution in [1.82, 2.24) is 14.3 Å². The van der Waals surface area contributed by atoms with Gasteiger partial charge in [-0.25, -0.2) is 9.67 Å². The first-order valence-electron chi connectivity index (χ1n) is 10.2. The van der Waals surface area contributed by atoms with Gasteiger partial charge in [0.05, 0.1) is 33.5 Å². The number of benzene rings is 2. The zero-order chi connectivity index (χ0) is 22.8. The van der Waals surface area contributed by atoms with E-state index in [0.29, 0.717) is 18.0 Å². The van der Waals surface area contributed by atoms with Gasteiger partial charge in [-0.1, -0.05) is 30.0 Å². The molecule has 0 aliphatic heterocycles. The number of carbonyl (C=O) groups excluding carboxylic acids is 1. The number of fused-ring (bicyclic) bond motifs is 1. The minimum atomic E-state index is -0.425. The molecule has 1 N–H and O–H groups in total. The van der Waals surface area contributed by atoms with Crippen molar-refractivity contribution in [3.8, 4) is 11.4 Å². The van der Waals surface area contributed by atoms with Crippen LogP contribution in [0.3, 0.4) is 0 Å². The highest BCUT2D eigenvalue weighted by Gasteiger charge is 2.22. The molecule has 0 bridgehead atoms. The van der Waals surface area contributed by atoms with E-state index in [1.165, 1.54) is 23.1 Å². The molecule has 32 heavy (non-hydrogen) atoms. The van der Waals surface area contributed by atoms with E-state index in [1.807, 2.05) is 69.3 Å². The lowest BCUT2D eigenvalue weighted by Gasteiger charge is -2.09. The summed E-state index contributed by atoms with van der Waals surface area (Å²) in [4.78, 5) is 30.5. The molecule has 0 spiro atoms. The number of hydrogen-bond acceptors (Lipinski definition) is 6. The molecule has 0 radical (unpaired) electrons. The minimum absolute atomic E-state index is 0.240. The molecule has 4 rings (SSSR count). The lowest BCUT2D eigenvalue weighted by molar-refractivity contribution is -0.115. The van der Waals surface area contributed by atoms with E-state index in [2.05, 4.69) is 10.3 Å². The first-order valence-corrected chi connectivity index (χ1v) is 11.9. The summed E-state index contributed by atoms with van der Waals surface area (Å²) in [5.74, 6) is 0.565. The fourth-order valence-corrected chi connectivity index (χ4v) is 5.57. The van der Waals surface area contributed by atoms with Crippen LogP contribution in [0.25, 0.3) is 15.9 Å². The van der Waals surface area contributed by atoms with Gasteiger partial charge in [-0.2, -0.15) is 0 Å². The van der Waals surface area contributed by atoms with Crippen molar-refractivity contribution < 1.29 is 9.53 Å². The molecule has 0 fully saturated rings. The van der Waals surface area contributed by atoms with Crippen LogP contribution in [0.15, 0.2) is 57.7 Å². The zero-order valence-corrected chi connectivity index (χ0v) is 19.9. The average molecular weight is 469 g/mol. The van der Waals surface area contributed by atoms with Crippen LogP contribution in [0.5, 0.6) is 5.75 Å². The van der Waals surface area contributed by atoms with Gasteiger partial charge < -0.3 is 10.1 Å². The first-order chi connectivity index (χ1) is 15.4. The number of ether oxygens (including phenoxy) is 1. The third-order valence-corrected chi connectivity index (χ3v) is 7.31. The average Bonchev–Trinajstić information content (AvgIpc) is 3.27. The highest BCUT2D eigenvalue weighted by molar-refractivity contribution is 8.02. The molecular weight excluding hydrogens is 444 g/mol. The molecule has 4 aromatic rings. The van der Waals surface area contributed by atoms with Gasteiger partial charge >= 0.3 is 0 Å². The van der Waals surface area contributed by atoms with Gasteiger partial charge in [-0.15, -0.1) is 11.3 Å². The fourth-order valence-electron chi connectivity index (χ4n) is 3.33. The van der Waals surface area contributed by atoms with Crippen molar-refractivity contribution >= 4 is 44.9 Å². The SMILES string of the molecule is CCOc1ccc2nc(S[C@H](C)C(=O)Nc3c(C)n(C)n(-c4ccccc4)c3=O)sc2c1. The second-order valence-corrected chi connectivity index (χ2v) is 9.85. The summed E-state index contributed by atoms with van der Waals surface area (Å²) < 4.78 is 10.6. The van der Waals surface area contributed by atoms with Crippen molar-refractivity contribution in [3.05, 3.63) is 64.6 Å². The number of thiazole rings is 1. The summed E-state index contributed by atoms with van der Waals surface area (Å²) >= 11 is 2.90. The van der Waals surface area contributed by atoms with Gasteiger partial charge in [0.25, 0.3) is 5.56 Å². The molecule has 0 saturated heterocycles. The molecule has 0 aliphatic carbocycles. The van der Waals surface area contributed by atoms with Gasteiger partial charge in [-0.05, 0) is 51.1 Å². The van der Waals surface area contributed by atoms with Crippen LogP contribution < -0.4 is 15.6 Å². The molecule has 0 aliphatic rings. The predicted octanol–water partition coefficient (Wildman–Crippen LogP) is 4.61. The van der Waals surface area contributed by atoms with Gasteiger partial charge in [-0.3, -0.25) is 14.3 Å². The Bertz CT molecular complexity index is 1320. The predicted molar refractivity (Wildman–Crippen MR) is 130 cm³/mol. The van der Waals surface area contributed by atoms with Crippen LogP contribution in [-0.4, -0.2) is 32.1 Å². The van der Waals surface area contributed by atoms with Gasteiger partial charge in [0.1, 0.15) is 11.4 Å². The third kappa shape index (κ3) is 4.31. The van der Waals surface area contributed by atoms with Crippen LogP contribution >= 0.6 is 23.1 Å². The maximum atomic E-state index is 13.0. The lowest BCUT2D eigenvalue weighted by atomic mass is 10.3. The maximum Gasteiger partial charge on any atom is 0.295 e. The Morgan fingerprint density at radius 3 is 2.72 bits per heavy atom. The van der Waals surface area contributed by atoms with E-state index in [1.54, 1.807) is 16.4 Å². The van der Waals surface area contributed by atoms with Crippen molar-refractivity contribution in [2.75, 3.05) is 11.9 Å². The second-order valence-electron chi connectivity index (χ2n) is 7.23. The maximum absolute atomic E-state index is 13.0. The van der Waals surface area contributed by atoms with Gasteiger partial charge in [0.15, 0.2) is 4.34 Å². The van der Waals surface area contributed by atoms with E-state index < -0.39 is 5.25 Å². The summed E-state index contributed by atoms with van der Waals surface area (Å²) in [5.41, 5.74) is 2.34. The number of amides is 1. The fraction of sp³-hybridized carbons (Fsp3) is 0.261. The Balaban J connectivity index is 1.52. The summed E-state index contributed by atoms with van der Waals surface area (Å²) in [6.07, 6.45) is 0. The summed E-state index contributed by atoms with van der Waals surface area (Å²) in [7, 11) is 1.80. The number of aromatic nitrogens is 3. The molecule has 166 valence electrons. The van der Waals surface area contributed by atoms with E-state index in [-0.39, 0.29) is 11.5 Å². The van der Waals surface area contributed by atoms with Gasteiger partial charge in [0.2, 0.25) is 5.91 Å². The topological polar surface area (TPSA) is 78.2 Å². The van der Waals surface area contributed by atoms with Crippen molar-refractivity contribution in [2.45, 2.75) is 30.4 Å². The largest absolute Gasteiger partial charge is 0.494 e. The van der Waals surface area contributed by atoms with Crippen LogP contribution in [0.4, 0.5) is 5.69 Å². The Kier molecular flexibility index (Phi) is 6.38. The van der Waals surface area contributed by atoms with E-state index in [0.717, 1.165) is 26.0 Å². The third-order valence-electron chi connectivity index (χ3n) is 5.10. The number of carbonyl (C=O) groups is 1. The Morgan fingerprint density at radius 1 is 1.25 bits per heavy atom. The minimum Gasteiger partial charge on any atom is -0.494 e. The van der Waals surface area contributed by atoms with Crippen molar-refractivity contribution in [2.24, 2.45) is 7.05 Å². The number of nitrogens with zero attached hydrogens (tertiary/aromatic N) is 3. The molecule has 7 nitrogen and oxygen atoms in total. The smallest absolute Gasteiger partial charge is 0.295 e. The molecular formula is C23H24N4O3S2. The summed E-state index contributed by atoms with van der Waals surface area (Å²) in [6, 6.07) is 15.1. The highest BCUT2D eigenvalue weighted by atomic mass is 32.2. The zero-order valence-electron chi connectivity index (χ0n) is 18.3. The Labute approximate surface area is 194 Å². The van der Waals surface area contributed by atoms with Crippen LogP contribution in [0.1, 0.15) is 19.5 Å². The number of para-hydroxylation sites is 1. The van der Waals surface area contributed by atoms with E-state index in [4.69, 9.17) is 4.74 Å². The lowest BCUT2D eigenvalue weighted by Crippen LogP contribution is -2.27.